The van der Waals surface area contributed by atoms with Crippen LogP contribution in [0.25, 0.3) is 6.08 Å². The fourth-order valence-corrected chi connectivity index (χ4v) is 9.22. The zero-order valence-electron chi connectivity index (χ0n) is 20.4. The first-order valence-electron chi connectivity index (χ1n) is 13.0. The van der Waals surface area contributed by atoms with Crippen LogP contribution in [0.5, 0.6) is 5.75 Å². The smallest absolute Gasteiger partial charge is 0.309 e. The van der Waals surface area contributed by atoms with Gasteiger partial charge in [0.1, 0.15) is 5.75 Å². The monoisotopic (exact) mass is 466 g/mol. The molecule has 7 atom stereocenters. The van der Waals surface area contributed by atoms with Crippen LogP contribution >= 0.6 is 0 Å². The average molecular weight is 467 g/mol. The van der Waals surface area contributed by atoms with Gasteiger partial charge in [0.2, 0.25) is 0 Å². The topological polar surface area (TPSA) is 94.8 Å². The van der Waals surface area contributed by atoms with Crippen molar-refractivity contribution in [2.45, 2.75) is 83.7 Å². The van der Waals surface area contributed by atoms with Crippen LogP contribution < -0.4 is 0 Å². The lowest BCUT2D eigenvalue weighted by molar-refractivity contribution is -0.181. The van der Waals surface area contributed by atoms with E-state index in [9.17, 15) is 24.9 Å². The number of aliphatic carboxylic acids is 1. The molecule has 184 valence electrons. The molecule has 0 radical (unpaired) electrons. The lowest BCUT2D eigenvalue weighted by atomic mass is 9.41. The van der Waals surface area contributed by atoms with Gasteiger partial charge < -0.3 is 15.3 Å². The van der Waals surface area contributed by atoms with Crippen molar-refractivity contribution in [3.63, 3.8) is 0 Å². The summed E-state index contributed by atoms with van der Waals surface area (Å²) < 4.78 is 0. The highest BCUT2D eigenvalue weighted by molar-refractivity contribution is 5.94. The van der Waals surface area contributed by atoms with E-state index in [1.807, 2.05) is 6.92 Å². The number of rotatable bonds is 5. The maximum absolute atomic E-state index is 12.9. The van der Waals surface area contributed by atoms with Crippen LogP contribution in [0, 0.1) is 34.0 Å². The maximum atomic E-state index is 12.9. The van der Waals surface area contributed by atoms with Crippen LogP contribution in [-0.4, -0.2) is 32.7 Å². The molecule has 0 saturated heterocycles. The van der Waals surface area contributed by atoms with Crippen LogP contribution in [0.3, 0.4) is 0 Å². The molecule has 0 heterocycles. The number of carbonyl (C=O) groups is 2. The molecule has 0 aliphatic heterocycles. The molecule has 5 rings (SSSR count). The molecule has 4 aliphatic rings. The summed E-state index contributed by atoms with van der Waals surface area (Å²) in [5.74, 6) is 0.223. The largest absolute Gasteiger partial charge is 0.508 e. The van der Waals surface area contributed by atoms with E-state index in [-0.39, 0.29) is 40.6 Å². The molecule has 1 unspecified atom stereocenters. The van der Waals surface area contributed by atoms with Gasteiger partial charge in [-0.1, -0.05) is 31.6 Å². The number of carboxylic acids is 1. The molecular weight excluding hydrogens is 428 g/mol. The van der Waals surface area contributed by atoms with E-state index in [0.717, 1.165) is 56.9 Å². The lowest BCUT2D eigenvalue weighted by Gasteiger charge is -2.63. The van der Waals surface area contributed by atoms with E-state index in [2.05, 4.69) is 6.92 Å². The molecule has 1 aromatic rings. The number of carbonyl (C=O) groups excluding carboxylic acids is 1. The predicted molar refractivity (Wildman–Crippen MR) is 130 cm³/mol. The van der Waals surface area contributed by atoms with Crippen molar-refractivity contribution < 1.29 is 24.9 Å². The quantitative estimate of drug-likeness (QED) is 0.492. The van der Waals surface area contributed by atoms with Crippen molar-refractivity contribution >= 4 is 17.8 Å². The van der Waals surface area contributed by atoms with E-state index >= 15 is 0 Å². The minimum Gasteiger partial charge on any atom is -0.508 e. The number of allylic oxidation sites excluding steroid dienone is 1. The minimum atomic E-state index is -0.973. The first-order chi connectivity index (χ1) is 16.0. The molecule has 34 heavy (non-hydrogen) atoms. The molecule has 0 aromatic heterocycles. The van der Waals surface area contributed by atoms with Crippen LogP contribution in [0.15, 0.2) is 30.3 Å². The summed E-state index contributed by atoms with van der Waals surface area (Å²) in [6.45, 7) is 4.30. The molecule has 2 bridgehead atoms. The van der Waals surface area contributed by atoms with E-state index in [1.165, 1.54) is 0 Å². The van der Waals surface area contributed by atoms with Crippen LogP contribution in [-0.2, 0) is 9.59 Å². The highest BCUT2D eigenvalue weighted by Crippen LogP contribution is 2.73. The number of ketones is 1. The Morgan fingerprint density at radius 3 is 2.47 bits per heavy atom. The normalized spacial score (nSPS) is 43.3. The van der Waals surface area contributed by atoms with Gasteiger partial charge in [0, 0.05) is 6.42 Å². The van der Waals surface area contributed by atoms with Gasteiger partial charge in [-0.15, -0.1) is 0 Å². The number of aliphatic hydroxyl groups is 1. The highest BCUT2D eigenvalue weighted by atomic mass is 16.4. The Kier molecular flexibility index (Phi) is 5.51. The molecule has 3 N–H and O–H groups in total. The maximum Gasteiger partial charge on any atom is 0.309 e. The summed E-state index contributed by atoms with van der Waals surface area (Å²) in [6, 6.07) is 6.70. The number of aromatic hydroxyl groups is 1. The van der Waals surface area contributed by atoms with Gasteiger partial charge in [-0.05, 0) is 111 Å². The Balaban J connectivity index is 1.35. The number of phenolic OH excluding ortho intramolecular Hbond substituents is 1. The molecule has 5 heteroatoms. The van der Waals surface area contributed by atoms with Crippen LogP contribution in [0.2, 0.25) is 0 Å². The van der Waals surface area contributed by atoms with Gasteiger partial charge in [-0.3, -0.25) is 9.59 Å². The summed E-state index contributed by atoms with van der Waals surface area (Å²) in [4.78, 5) is 25.2. The zero-order chi connectivity index (χ0) is 24.4. The standard InChI is InChI=1S/C29H38O5/c1-26-13-3-14-27(2,25(32)33)23(26)12-15-28-16-20(7-11-24(26)28)29(34,18-28)17-22(31)10-6-19-4-8-21(30)9-5-19/h4-6,8-10,20,23-24,30,34H,3,7,11-18H2,1-2H3,(H,32,33)/b10-6-/t20-,23-,24-,26+,27+,28?,29+/m1/s1. The highest BCUT2D eigenvalue weighted by Gasteiger charge is 2.68. The summed E-state index contributed by atoms with van der Waals surface area (Å²) in [5.41, 5.74) is -0.774. The van der Waals surface area contributed by atoms with E-state index in [0.29, 0.717) is 12.3 Å². The summed E-state index contributed by atoms with van der Waals surface area (Å²) in [6.07, 6.45) is 11.7. The summed E-state index contributed by atoms with van der Waals surface area (Å²) in [7, 11) is 0. The fraction of sp³-hybridized carbons (Fsp3) is 0.655. The Morgan fingerprint density at radius 1 is 1.03 bits per heavy atom. The van der Waals surface area contributed by atoms with Crippen molar-refractivity contribution in [3.05, 3.63) is 35.9 Å². The zero-order valence-corrected chi connectivity index (χ0v) is 20.4. The second-order valence-corrected chi connectivity index (χ2v) is 12.4. The summed E-state index contributed by atoms with van der Waals surface area (Å²) >= 11 is 0. The van der Waals surface area contributed by atoms with E-state index in [4.69, 9.17) is 0 Å². The molecule has 0 amide bonds. The van der Waals surface area contributed by atoms with Crippen molar-refractivity contribution in [1.29, 1.82) is 0 Å². The predicted octanol–water partition coefficient (Wildman–Crippen LogP) is 5.59. The SMILES string of the molecule is C[C@]12CCC[C@](C)(C(=O)O)[C@@H]1CCC13C[C@@H](CC[C@@H]12)[C@](O)(CC(=O)/C=C\c1ccc(O)cc1)C3. The van der Waals surface area contributed by atoms with Crippen molar-refractivity contribution in [2.75, 3.05) is 0 Å². The molecule has 5 nitrogen and oxygen atoms in total. The third-order valence-electron chi connectivity index (χ3n) is 10.6. The first-order valence-corrected chi connectivity index (χ1v) is 13.0. The molecule has 1 aromatic carbocycles. The fourth-order valence-electron chi connectivity index (χ4n) is 9.22. The molecule has 4 saturated carbocycles. The number of hydrogen-bond donors (Lipinski definition) is 3. The Bertz CT molecular complexity index is 1010. The van der Waals surface area contributed by atoms with Crippen LogP contribution in [0.1, 0.15) is 83.6 Å². The molecule has 4 aliphatic carbocycles. The van der Waals surface area contributed by atoms with Gasteiger partial charge in [0.25, 0.3) is 0 Å². The van der Waals surface area contributed by atoms with Gasteiger partial charge in [-0.25, -0.2) is 0 Å². The van der Waals surface area contributed by atoms with Crippen molar-refractivity contribution in [3.8, 4) is 5.75 Å². The molecule has 1 spiro atoms. The van der Waals surface area contributed by atoms with Gasteiger partial charge in [0.05, 0.1) is 11.0 Å². The minimum absolute atomic E-state index is 0.0113. The number of benzene rings is 1. The average Bonchev–Trinajstić information content (AvgIpc) is 2.97. The van der Waals surface area contributed by atoms with Gasteiger partial charge >= 0.3 is 5.97 Å². The van der Waals surface area contributed by atoms with E-state index in [1.54, 1.807) is 36.4 Å². The van der Waals surface area contributed by atoms with Gasteiger partial charge in [0.15, 0.2) is 5.78 Å². The third kappa shape index (κ3) is 3.54. The number of phenols is 1. The second kappa shape index (κ2) is 7.94. The Labute approximate surface area is 202 Å². The first kappa shape index (κ1) is 23.6. The lowest BCUT2D eigenvalue weighted by Crippen LogP contribution is -2.58. The third-order valence-corrected chi connectivity index (χ3v) is 10.6. The van der Waals surface area contributed by atoms with Crippen LogP contribution in [0.4, 0.5) is 0 Å². The number of carboxylic acid groups (broad SMARTS) is 1. The second-order valence-electron chi connectivity index (χ2n) is 12.4. The van der Waals surface area contributed by atoms with Crippen molar-refractivity contribution in [2.24, 2.45) is 34.0 Å². The molecular formula is C29H38O5. The number of fused-ring (bicyclic) bond motifs is 3. The Morgan fingerprint density at radius 2 is 1.76 bits per heavy atom. The van der Waals surface area contributed by atoms with E-state index < -0.39 is 17.0 Å². The van der Waals surface area contributed by atoms with Gasteiger partial charge in [-0.2, -0.15) is 0 Å². The number of hydrogen-bond acceptors (Lipinski definition) is 4. The summed E-state index contributed by atoms with van der Waals surface area (Å²) in [5, 5.41) is 31.3. The van der Waals surface area contributed by atoms with Crippen molar-refractivity contribution in [1.82, 2.24) is 0 Å². The molecule has 4 fully saturated rings. The Hall–Kier alpha value is -2.14.